The third-order valence-corrected chi connectivity index (χ3v) is 6.76. The highest BCUT2D eigenvalue weighted by Gasteiger charge is 2.17. The van der Waals surface area contributed by atoms with Crippen molar-refractivity contribution in [2.24, 2.45) is 0 Å². The quantitative estimate of drug-likeness (QED) is 0.0809. The monoisotopic (exact) mass is 620 g/mol. The summed E-state index contributed by atoms with van der Waals surface area (Å²) in [6, 6.07) is 30.5. The van der Waals surface area contributed by atoms with E-state index >= 15 is 0 Å². The molecular formula is C33H33BrO7. The van der Waals surface area contributed by atoms with E-state index in [1.54, 1.807) is 31.4 Å². The molecule has 4 aromatic carbocycles. The Kier molecular flexibility index (Phi) is 11.6. The van der Waals surface area contributed by atoms with Gasteiger partial charge in [-0.2, -0.15) is 0 Å². The van der Waals surface area contributed by atoms with Crippen molar-refractivity contribution in [2.75, 3.05) is 27.6 Å². The van der Waals surface area contributed by atoms with Crippen molar-refractivity contribution in [3.63, 3.8) is 0 Å². The number of rotatable bonds is 15. The average molecular weight is 622 g/mol. The van der Waals surface area contributed by atoms with Gasteiger partial charge in [0.2, 0.25) is 6.29 Å². The standard InChI is InChI=1S/C33H33BrO7/c1-36-22-31(41-33(35)26-11-7-4-8-12-26)40-23-39-29-15-13-24(14-16-29)17-27-18-30(19-28(20-34)32(27)37-2)38-21-25-9-5-3-6-10-25/h3-16,18-19,31H,17,20-23H2,1-2H3. The number of esters is 1. The zero-order valence-electron chi connectivity index (χ0n) is 23.1. The minimum atomic E-state index is -0.903. The number of hydrogen-bond donors (Lipinski definition) is 0. The molecule has 0 heterocycles. The van der Waals surface area contributed by atoms with Gasteiger partial charge in [0, 0.05) is 30.0 Å². The normalized spacial score (nSPS) is 11.5. The molecule has 0 amide bonds. The zero-order chi connectivity index (χ0) is 28.9. The maximum Gasteiger partial charge on any atom is 0.340 e. The van der Waals surface area contributed by atoms with Crippen molar-refractivity contribution < 1.29 is 33.2 Å². The number of alkyl halides is 1. The van der Waals surface area contributed by atoms with E-state index in [1.165, 1.54) is 7.11 Å². The Labute approximate surface area is 249 Å². The molecule has 0 aromatic heterocycles. The van der Waals surface area contributed by atoms with Crippen molar-refractivity contribution in [1.82, 2.24) is 0 Å². The molecule has 214 valence electrons. The van der Waals surface area contributed by atoms with Gasteiger partial charge in [0.1, 0.15) is 30.5 Å². The second-order valence-electron chi connectivity index (χ2n) is 9.09. The molecule has 4 rings (SSSR count). The minimum absolute atomic E-state index is 0.0766. The lowest BCUT2D eigenvalue weighted by atomic mass is 10.0. The topological polar surface area (TPSA) is 72.5 Å². The summed E-state index contributed by atoms with van der Waals surface area (Å²) < 4.78 is 33.7. The average Bonchev–Trinajstić information content (AvgIpc) is 3.01. The fourth-order valence-corrected chi connectivity index (χ4v) is 4.57. The van der Waals surface area contributed by atoms with E-state index in [9.17, 15) is 4.79 Å². The number of hydrogen-bond acceptors (Lipinski definition) is 7. The molecule has 0 saturated carbocycles. The first-order chi connectivity index (χ1) is 20.1. The van der Waals surface area contributed by atoms with Gasteiger partial charge in [-0.25, -0.2) is 4.79 Å². The van der Waals surface area contributed by atoms with Gasteiger partial charge in [0.25, 0.3) is 0 Å². The Hall–Kier alpha value is -3.85. The molecule has 8 heteroatoms. The largest absolute Gasteiger partial charge is 0.496 e. The van der Waals surface area contributed by atoms with E-state index in [0.717, 1.165) is 33.8 Å². The molecule has 0 aliphatic heterocycles. The summed E-state index contributed by atoms with van der Waals surface area (Å²) in [6.07, 6.45) is -0.257. The number of ether oxygens (including phenoxy) is 6. The lowest BCUT2D eigenvalue weighted by Crippen LogP contribution is -2.27. The fourth-order valence-electron chi connectivity index (χ4n) is 4.15. The van der Waals surface area contributed by atoms with Gasteiger partial charge in [-0.3, -0.25) is 0 Å². The molecule has 7 nitrogen and oxygen atoms in total. The van der Waals surface area contributed by atoms with Gasteiger partial charge >= 0.3 is 5.97 Å². The molecule has 0 fully saturated rings. The molecule has 0 aliphatic carbocycles. The second-order valence-corrected chi connectivity index (χ2v) is 9.65. The van der Waals surface area contributed by atoms with E-state index in [0.29, 0.717) is 29.7 Å². The highest BCUT2D eigenvalue weighted by atomic mass is 79.9. The smallest absolute Gasteiger partial charge is 0.340 e. The summed E-state index contributed by atoms with van der Waals surface area (Å²) >= 11 is 3.58. The molecule has 41 heavy (non-hydrogen) atoms. The summed E-state index contributed by atoms with van der Waals surface area (Å²) in [5.41, 5.74) is 4.65. The van der Waals surface area contributed by atoms with Crippen molar-refractivity contribution in [2.45, 2.75) is 24.6 Å². The van der Waals surface area contributed by atoms with Crippen LogP contribution in [0.5, 0.6) is 17.2 Å². The van der Waals surface area contributed by atoms with Crippen LogP contribution in [0.15, 0.2) is 97.1 Å². The van der Waals surface area contributed by atoms with E-state index in [2.05, 4.69) is 15.9 Å². The molecule has 0 bridgehead atoms. The number of benzene rings is 4. The predicted octanol–water partition coefficient (Wildman–Crippen LogP) is 6.94. The molecular weight excluding hydrogens is 588 g/mol. The number of carbonyl (C=O) groups excluding carboxylic acids is 1. The summed E-state index contributed by atoms with van der Waals surface area (Å²) in [5.74, 6) is 1.74. The first-order valence-corrected chi connectivity index (χ1v) is 14.2. The Morgan fingerprint density at radius 3 is 2.12 bits per heavy atom. The SMILES string of the molecule is COCC(OCOc1ccc(Cc2cc(OCc3ccccc3)cc(CBr)c2OC)cc1)OC(=O)c1ccccc1. The summed E-state index contributed by atoms with van der Waals surface area (Å²) in [6.45, 7) is 0.449. The highest BCUT2D eigenvalue weighted by Crippen LogP contribution is 2.33. The van der Waals surface area contributed by atoms with Crippen LogP contribution in [0.2, 0.25) is 0 Å². The van der Waals surface area contributed by atoms with Crippen LogP contribution in [-0.2, 0) is 32.6 Å². The van der Waals surface area contributed by atoms with Crippen LogP contribution in [-0.4, -0.2) is 39.9 Å². The van der Waals surface area contributed by atoms with E-state index < -0.39 is 12.3 Å². The van der Waals surface area contributed by atoms with Gasteiger partial charge < -0.3 is 28.4 Å². The van der Waals surface area contributed by atoms with Crippen LogP contribution in [0, 0.1) is 0 Å². The predicted molar refractivity (Wildman–Crippen MR) is 160 cm³/mol. The van der Waals surface area contributed by atoms with E-state index in [4.69, 9.17) is 28.4 Å². The van der Waals surface area contributed by atoms with Gasteiger partial charge in [-0.1, -0.05) is 76.6 Å². The summed E-state index contributed by atoms with van der Waals surface area (Å²) in [5, 5.41) is 0.642. The molecule has 4 aromatic rings. The maximum absolute atomic E-state index is 12.3. The van der Waals surface area contributed by atoms with Crippen LogP contribution in [0.4, 0.5) is 0 Å². The van der Waals surface area contributed by atoms with E-state index in [1.807, 2.05) is 72.8 Å². The number of halogens is 1. The lowest BCUT2D eigenvalue weighted by molar-refractivity contribution is -0.168. The van der Waals surface area contributed by atoms with E-state index in [-0.39, 0.29) is 13.4 Å². The number of carbonyl (C=O) groups is 1. The summed E-state index contributed by atoms with van der Waals surface area (Å²) in [4.78, 5) is 12.3. The Bertz CT molecular complexity index is 1360. The van der Waals surface area contributed by atoms with Gasteiger partial charge in [0.05, 0.1) is 12.7 Å². The van der Waals surface area contributed by atoms with Gasteiger partial charge in [-0.15, -0.1) is 0 Å². The minimum Gasteiger partial charge on any atom is -0.496 e. The summed E-state index contributed by atoms with van der Waals surface area (Å²) in [7, 11) is 3.19. The van der Waals surface area contributed by atoms with Gasteiger partial charge in [0.15, 0.2) is 6.79 Å². The van der Waals surface area contributed by atoms with Crippen molar-refractivity contribution in [3.05, 3.63) is 125 Å². The molecule has 0 N–H and O–H groups in total. The van der Waals surface area contributed by atoms with Crippen molar-refractivity contribution in [3.8, 4) is 17.2 Å². The highest BCUT2D eigenvalue weighted by molar-refractivity contribution is 9.08. The van der Waals surface area contributed by atoms with Crippen LogP contribution < -0.4 is 14.2 Å². The first-order valence-electron chi connectivity index (χ1n) is 13.1. The fraction of sp³-hybridized carbons (Fsp3) is 0.242. The van der Waals surface area contributed by atoms with Crippen LogP contribution in [0.1, 0.15) is 32.6 Å². The maximum atomic E-state index is 12.3. The molecule has 0 spiro atoms. The Morgan fingerprint density at radius 1 is 0.780 bits per heavy atom. The Balaban J connectivity index is 1.35. The van der Waals surface area contributed by atoms with Crippen LogP contribution in [0.25, 0.3) is 0 Å². The molecule has 0 aliphatic rings. The molecule has 1 atom stereocenters. The lowest BCUT2D eigenvalue weighted by Gasteiger charge is -2.18. The third kappa shape index (κ3) is 9.08. The molecule has 1 unspecified atom stereocenters. The van der Waals surface area contributed by atoms with Gasteiger partial charge in [-0.05, 0) is 47.5 Å². The molecule has 0 saturated heterocycles. The molecule has 0 radical (unpaired) electrons. The first kappa shape index (κ1) is 30.1. The Morgan fingerprint density at radius 2 is 1.46 bits per heavy atom. The van der Waals surface area contributed by atoms with Crippen molar-refractivity contribution >= 4 is 21.9 Å². The van der Waals surface area contributed by atoms with Crippen molar-refractivity contribution in [1.29, 1.82) is 0 Å². The zero-order valence-corrected chi connectivity index (χ0v) is 24.7. The third-order valence-electron chi connectivity index (χ3n) is 6.16. The number of methoxy groups -OCH3 is 2. The van der Waals surface area contributed by atoms with Crippen LogP contribution in [0.3, 0.4) is 0 Å². The van der Waals surface area contributed by atoms with Crippen LogP contribution >= 0.6 is 15.9 Å². The second kappa shape index (κ2) is 15.8.